The van der Waals surface area contributed by atoms with Gasteiger partial charge in [-0.2, -0.15) is 0 Å². The van der Waals surface area contributed by atoms with E-state index >= 15 is 0 Å². The van der Waals surface area contributed by atoms with E-state index in [1.165, 1.54) is 22.3 Å². The molecule has 0 saturated carbocycles. The van der Waals surface area contributed by atoms with E-state index in [9.17, 15) is 0 Å². The van der Waals surface area contributed by atoms with Gasteiger partial charge in [-0.25, -0.2) is 0 Å². The van der Waals surface area contributed by atoms with Crippen LogP contribution in [0.15, 0.2) is 24.3 Å². The van der Waals surface area contributed by atoms with Gasteiger partial charge in [-0.1, -0.05) is 38.5 Å². The van der Waals surface area contributed by atoms with Gasteiger partial charge in [0.1, 0.15) is 0 Å². The number of rotatable bonds is 5. The lowest BCUT2D eigenvalue weighted by atomic mass is 9.82. The molecule has 0 bridgehead atoms. The molecular weight excluding hydrogens is 244 g/mol. The predicted octanol–water partition coefficient (Wildman–Crippen LogP) is 3.94. The Morgan fingerprint density at radius 2 is 1.75 bits per heavy atom. The van der Waals surface area contributed by atoms with E-state index in [2.05, 4.69) is 58.8 Å². The molecule has 1 aromatic rings. The molecule has 1 atom stereocenters. The summed E-state index contributed by atoms with van der Waals surface area (Å²) in [6, 6.07) is 4.89. The third kappa shape index (κ3) is 4.46. The Hall–Kier alpha value is -1.12. The highest BCUT2D eigenvalue weighted by molar-refractivity contribution is 5.41. The van der Waals surface area contributed by atoms with E-state index in [1.807, 2.05) is 6.92 Å². The van der Waals surface area contributed by atoms with Crippen molar-refractivity contribution in [1.29, 1.82) is 0 Å². The highest BCUT2D eigenvalue weighted by Gasteiger charge is 2.18. The lowest BCUT2D eigenvalue weighted by molar-refractivity contribution is 0.518. The first-order valence-corrected chi connectivity index (χ1v) is 7.36. The van der Waals surface area contributed by atoms with Gasteiger partial charge < -0.3 is 0 Å². The van der Waals surface area contributed by atoms with Gasteiger partial charge in [-0.3, -0.25) is 11.3 Å². The summed E-state index contributed by atoms with van der Waals surface area (Å²) in [5.74, 6) is 5.68. The molecule has 0 heterocycles. The smallest absolute Gasteiger partial charge is 0.0288 e. The largest absolute Gasteiger partial charge is 0.271 e. The molecule has 0 aliphatic heterocycles. The van der Waals surface area contributed by atoms with E-state index in [0.717, 1.165) is 18.4 Å². The molecule has 2 heteroatoms. The van der Waals surface area contributed by atoms with Crippen molar-refractivity contribution in [2.75, 3.05) is 0 Å². The van der Waals surface area contributed by atoms with Crippen LogP contribution in [0.5, 0.6) is 0 Å². The Morgan fingerprint density at radius 1 is 1.25 bits per heavy atom. The van der Waals surface area contributed by atoms with E-state index in [1.54, 1.807) is 0 Å². The van der Waals surface area contributed by atoms with Crippen LogP contribution in [-0.2, 0) is 11.8 Å². The van der Waals surface area contributed by atoms with E-state index < -0.39 is 0 Å². The summed E-state index contributed by atoms with van der Waals surface area (Å²) in [4.78, 5) is 0. The molecule has 0 amide bonds. The molecule has 0 spiro atoms. The fourth-order valence-electron chi connectivity index (χ4n) is 2.61. The molecule has 2 nitrogen and oxygen atoms in total. The second-order valence-corrected chi connectivity index (χ2v) is 7.07. The van der Waals surface area contributed by atoms with Crippen molar-refractivity contribution in [2.24, 2.45) is 5.84 Å². The zero-order valence-corrected chi connectivity index (χ0v) is 13.9. The Labute approximate surface area is 124 Å². The molecule has 0 aliphatic rings. The van der Waals surface area contributed by atoms with Gasteiger partial charge in [0.2, 0.25) is 0 Å². The molecule has 3 N–H and O–H groups in total. The first-order chi connectivity index (χ1) is 9.15. The maximum absolute atomic E-state index is 5.68. The molecular formula is C18H30N2. The van der Waals surface area contributed by atoms with Crippen molar-refractivity contribution in [3.8, 4) is 0 Å². The summed E-state index contributed by atoms with van der Waals surface area (Å²) in [7, 11) is 0. The van der Waals surface area contributed by atoms with Gasteiger partial charge in [0.05, 0.1) is 0 Å². The number of hydrogen-bond acceptors (Lipinski definition) is 2. The van der Waals surface area contributed by atoms with Crippen LogP contribution in [0.2, 0.25) is 0 Å². The molecule has 0 saturated heterocycles. The van der Waals surface area contributed by atoms with Crippen molar-refractivity contribution in [3.63, 3.8) is 0 Å². The zero-order chi connectivity index (χ0) is 15.5. The van der Waals surface area contributed by atoms with Gasteiger partial charge >= 0.3 is 0 Å². The lowest BCUT2D eigenvalue weighted by Crippen LogP contribution is -2.37. The summed E-state index contributed by atoms with van der Waals surface area (Å²) in [6.45, 7) is 17.2. The van der Waals surface area contributed by atoms with Gasteiger partial charge in [0, 0.05) is 6.04 Å². The normalized spacial score (nSPS) is 13.3. The van der Waals surface area contributed by atoms with Crippen molar-refractivity contribution in [2.45, 2.75) is 65.8 Å². The Kier molecular flexibility index (Phi) is 5.55. The van der Waals surface area contributed by atoms with E-state index in [-0.39, 0.29) is 11.5 Å². The summed E-state index contributed by atoms with van der Waals surface area (Å²) >= 11 is 0. The summed E-state index contributed by atoms with van der Waals surface area (Å²) in [5, 5.41) is 0. The van der Waals surface area contributed by atoms with E-state index in [0.29, 0.717) is 0 Å². The highest BCUT2D eigenvalue weighted by atomic mass is 15.2. The second-order valence-electron chi connectivity index (χ2n) is 7.07. The van der Waals surface area contributed by atoms with Crippen LogP contribution in [0.1, 0.15) is 56.4 Å². The molecule has 0 radical (unpaired) electrons. The number of benzene rings is 1. The Morgan fingerprint density at radius 3 is 2.10 bits per heavy atom. The fourth-order valence-corrected chi connectivity index (χ4v) is 2.61. The van der Waals surface area contributed by atoms with Crippen LogP contribution in [-0.4, -0.2) is 6.04 Å². The third-order valence-electron chi connectivity index (χ3n) is 3.84. The SMILES string of the molecule is C=C(C)CC(Cc1c(C)cc(C(C)(C)C)cc1C)NN. The van der Waals surface area contributed by atoms with Crippen LogP contribution >= 0.6 is 0 Å². The average molecular weight is 274 g/mol. The topological polar surface area (TPSA) is 38.0 Å². The molecule has 0 aromatic heterocycles. The second kappa shape index (κ2) is 6.55. The number of aryl methyl sites for hydroxylation is 2. The van der Waals surface area contributed by atoms with Gasteiger partial charge in [-0.05, 0) is 61.3 Å². The van der Waals surface area contributed by atoms with Crippen molar-refractivity contribution < 1.29 is 0 Å². The fraction of sp³-hybridized carbons (Fsp3) is 0.556. The van der Waals surface area contributed by atoms with Crippen LogP contribution in [0.25, 0.3) is 0 Å². The van der Waals surface area contributed by atoms with Crippen molar-refractivity contribution >= 4 is 0 Å². The number of hydrogen-bond donors (Lipinski definition) is 2. The zero-order valence-electron chi connectivity index (χ0n) is 13.9. The molecule has 1 aromatic carbocycles. The standard InChI is InChI=1S/C18H30N2/c1-12(2)8-16(20-19)11-17-13(3)9-15(10-14(17)4)18(5,6)7/h9-10,16,20H,1,8,11,19H2,2-7H3. The molecule has 1 rings (SSSR count). The van der Waals surface area contributed by atoms with Crippen molar-refractivity contribution in [1.82, 2.24) is 5.43 Å². The van der Waals surface area contributed by atoms with Crippen molar-refractivity contribution in [3.05, 3.63) is 46.5 Å². The molecule has 0 fully saturated rings. The molecule has 112 valence electrons. The van der Waals surface area contributed by atoms with Crippen LogP contribution in [0, 0.1) is 13.8 Å². The number of nitrogens with one attached hydrogen (secondary N) is 1. The Bertz CT molecular complexity index is 458. The molecule has 0 aliphatic carbocycles. The van der Waals surface area contributed by atoms with Crippen LogP contribution in [0.3, 0.4) is 0 Å². The molecule has 20 heavy (non-hydrogen) atoms. The quantitative estimate of drug-likeness (QED) is 0.485. The maximum atomic E-state index is 5.68. The van der Waals surface area contributed by atoms with E-state index in [4.69, 9.17) is 5.84 Å². The third-order valence-corrected chi connectivity index (χ3v) is 3.84. The minimum atomic E-state index is 0.192. The average Bonchev–Trinajstić information content (AvgIpc) is 2.30. The van der Waals surface area contributed by atoms with Gasteiger partial charge in [-0.15, -0.1) is 6.58 Å². The highest BCUT2D eigenvalue weighted by Crippen LogP contribution is 2.27. The summed E-state index contributed by atoms with van der Waals surface area (Å²) in [5.41, 5.74) is 9.79. The van der Waals surface area contributed by atoms with Crippen LogP contribution in [0.4, 0.5) is 0 Å². The monoisotopic (exact) mass is 274 g/mol. The van der Waals surface area contributed by atoms with Gasteiger partial charge in [0.15, 0.2) is 0 Å². The van der Waals surface area contributed by atoms with Gasteiger partial charge in [0.25, 0.3) is 0 Å². The first kappa shape index (κ1) is 16.9. The predicted molar refractivity (Wildman–Crippen MR) is 88.9 cm³/mol. The lowest BCUT2D eigenvalue weighted by Gasteiger charge is -2.24. The first-order valence-electron chi connectivity index (χ1n) is 7.36. The number of nitrogens with two attached hydrogens (primary N) is 1. The summed E-state index contributed by atoms with van der Waals surface area (Å²) < 4.78 is 0. The van der Waals surface area contributed by atoms with Crippen LogP contribution < -0.4 is 11.3 Å². The summed E-state index contributed by atoms with van der Waals surface area (Å²) in [6.07, 6.45) is 1.86. The minimum absolute atomic E-state index is 0.192. The maximum Gasteiger partial charge on any atom is 0.0288 e. The Balaban J connectivity index is 3.05. The minimum Gasteiger partial charge on any atom is -0.271 e. The number of hydrazine groups is 1. The molecule has 1 unspecified atom stereocenters.